The highest BCUT2D eigenvalue weighted by atomic mass is 32.2. The molecular formula is C17H28N2S. The van der Waals surface area contributed by atoms with Gasteiger partial charge in [-0.05, 0) is 44.4 Å². The van der Waals surface area contributed by atoms with Crippen LogP contribution in [0, 0.1) is 12.8 Å². The van der Waals surface area contributed by atoms with E-state index in [1.807, 2.05) is 11.8 Å². The smallest absolute Gasteiger partial charge is 0.0221 e. The maximum absolute atomic E-state index is 5.96. The van der Waals surface area contributed by atoms with E-state index in [0.29, 0.717) is 6.04 Å². The first kappa shape index (κ1) is 15.9. The minimum Gasteiger partial charge on any atom is -0.329 e. The summed E-state index contributed by atoms with van der Waals surface area (Å²) >= 11 is 1.96. The molecule has 2 atom stereocenters. The quantitative estimate of drug-likeness (QED) is 0.813. The Labute approximate surface area is 128 Å². The van der Waals surface area contributed by atoms with Crippen LogP contribution in [0.4, 0.5) is 0 Å². The Morgan fingerprint density at radius 1 is 1.30 bits per heavy atom. The van der Waals surface area contributed by atoms with Gasteiger partial charge in [0.1, 0.15) is 0 Å². The average molecular weight is 292 g/mol. The molecule has 2 N–H and O–H groups in total. The lowest BCUT2D eigenvalue weighted by Crippen LogP contribution is -2.47. The summed E-state index contributed by atoms with van der Waals surface area (Å²) in [5, 5.41) is 0. The number of nitrogens with zero attached hydrogens (tertiary/aromatic N) is 1. The average Bonchev–Trinajstić information content (AvgIpc) is 2.49. The van der Waals surface area contributed by atoms with Gasteiger partial charge in [0.2, 0.25) is 0 Å². The topological polar surface area (TPSA) is 29.3 Å². The van der Waals surface area contributed by atoms with Crippen LogP contribution in [0.5, 0.6) is 0 Å². The van der Waals surface area contributed by atoms with Crippen LogP contribution < -0.4 is 5.73 Å². The van der Waals surface area contributed by atoms with Crippen LogP contribution in [-0.2, 0) is 0 Å². The lowest BCUT2D eigenvalue weighted by Gasteiger charge is -2.38. The number of thioether (sulfide) groups is 1. The van der Waals surface area contributed by atoms with Crippen molar-refractivity contribution in [3.63, 3.8) is 0 Å². The second-order valence-corrected chi connectivity index (χ2v) is 7.05. The van der Waals surface area contributed by atoms with Crippen LogP contribution in [0.2, 0.25) is 0 Å². The highest BCUT2D eigenvalue weighted by Gasteiger charge is 2.25. The zero-order valence-electron chi connectivity index (χ0n) is 12.8. The van der Waals surface area contributed by atoms with Crippen molar-refractivity contribution < 1.29 is 0 Å². The maximum Gasteiger partial charge on any atom is 0.0221 e. The molecule has 0 spiro atoms. The van der Waals surface area contributed by atoms with E-state index in [0.717, 1.165) is 24.8 Å². The van der Waals surface area contributed by atoms with Gasteiger partial charge in [-0.25, -0.2) is 0 Å². The highest BCUT2D eigenvalue weighted by molar-refractivity contribution is 7.99. The number of hydrogen-bond donors (Lipinski definition) is 1. The molecule has 1 aromatic rings. The first-order chi connectivity index (χ1) is 9.72. The van der Waals surface area contributed by atoms with E-state index in [2.05, 4.69) is 43.0 Å². The fourth-order valence-electron chi connectivity index (χ4n) is 3.01. The number of nitrogens with two attached hydrogens (primary N) is 1. The fourth-order valence-corrected chi connectivity index (χ4v) is 3.90. The standard InChI is InChI=1S/C17H28N2S/c1-3-15-8-9-19(16(12-15)13-18)10-11-20-17-6-4-14(2)5-7-17/h4-7,15-16H,3,8-13,18H2,1-2H3. The number of aryl methyl sites for hydroxylation is 1. The molecule has 2 rings (SSSR count). The third kappa shape index (κ3) is 4.51. The zero-order chi connectivity index (χ0) is 14.4. The number of benzene rings is 1. The SMILES string of the molecule is CCC1CCN(CCSc2ccc(C)cc2)C(CN)C1. The molecule has 0 bridgehead atoms. The van der Waals surface area contributed by atoms with Crippen LogP contribution in [0.25, 0.3) is 0 Å². The van der Waals surface area contributed by atoms with Gasteiger partial charge >= 0.3 is 0 Å². The van der Waals surface area contributed by atoms with Crippen molar-refractivity contribution in [2.24, 2.45) is 11.7 Å². The van der Waals surface area contributed by atoms with E-state index in [1.165, 1.54) is 36.3 Å². The van der Waals surface area contributed by atoms with Crippen molar-refractivity contribution >= 4 is 11.8 Å². The lowest BCUT2D eigenvalue weighted by atomic mass is 9.89. The van der Waals surface area contributed by atoms with Crippen LogP contribution in [0.3, 0.4) is 0 Å². The summed E-state index contributed by atoms with van der Waals surface area (Å²) in [4.78, 5) is 3.98. The molecule has 20 heavy (non-hydrogen) atoms. The molecule has 1 aliphatic heterocycles. The van der Waals surface area contributed by atoms with E-state index in [9.17, 15) is 0 Å². The van der Waals surface area contributed by atoms with Crippen LogP contribution in [0.1, 0.15) is 31.7 Å². The van der Waals surface area contributed by atoms with E-state index >= 15 is 0 Å². The number of piperidine rings is 1. The number of likely N-dealkylation sites (tertiary alicyclic amines) is 1. The fraction of sp³-hybridized carbons (Fsp3) is 0.647. The normalized spacial score (nSPS) is 23.9. The van der Waals surface area contributed by atoms with Crippen molar-refractivity contribution in [2.75, 3.05) is 25.4 Å². The monoisotopic (exact) mass is 292 g/mol. The first-order valence-corrected chi connectivity index (χ1v) is 8.85. The minimum atomic E-state index is 0.604. The van der Waals surface area contributed by atoms with Crippen molar-refractivity contribution in [1.82, 2.24) is 4.90 Å². The molecule has 0 aliphatic carbocycles. The van der Waals surface area contributed by atoms with Crippen molar-refractivity contribution in [2.45, 2.75) is 44.0 Å². The summed E-state index contributed by atoms with van der Waals surface area (Å²) in [5.74, 6) is 2.06. The molecule has 0 saturated carbocycles. The molecule has 1 aliphatic rings. The van der Waals surface area contributed by atoms with E-state index in [1.54, 1.807) is 0 Å². The molecule has 2 unspecified atom stereocenters. The van der Waals surface area contributed by atoms with Gasteiger partial charge in [-0.15, -0.1) is 11.8 Å². The lowest BCUT2D eigenvalue weighted by molar-refractivity contribution is 0.122. The molecule has 1 aromatic carbocycles. The van der Waals surface area contributed by atoms with Gasteiger partial charge in [0.05, 0.1) is 0 Å². The second-order valence-electron chi connectivity index (χ2n) is 5.89. The Bertz CT molecular complexity index is 390. The van der Waals surface area contributed by atoms with Crippen LogP contribution in [0.15, 0.2) is 29.2 Å². The highest BCUT2D eigenvalue weighted by Crippen LogP contribution is 2.26. The molecular weight excluding hydrogens is 264 g/mol. The number of rotatable bonds is 6. The van der Waals surface area contributed by atoms with E-state index < -0.39 is 0 Å². The van der Waals surface area contributed by atoms with E-state index in [4.69, 9.17) is 5.73 Å². The van der Waals surface area contributed by atoms with Crippen molar-refractivity contribution in [1.29, 1.82) is 0 Å². The van der Waals surface area contributed by atoms with Gasteiger partial charge in [-0.2, -0.15) is 0 Å². The van der Waals surface area contributed by atoms with E-state index in [-0.39, 0.29) is 0 Å². The number of hydrogen-bond acceptors (Lipinski definition) is 3. The predicted molar refractivity (Wildman–Crippen MR) is 89.3 cm³/mol. The minimum absolute atomic E-state index is 0.604. The van der Waals surface area contributed by atoms with Crippen LogP contribution >= 0.6 is 11.8 Å². The molecule has 0 radical (unpaired) electrons. The molecule has 1 heterocycles. The summed E-state index contributed by atoms with van der Waals surface area (Å²) in [7, 11) is 0. The summed E-state index contributed by atoms with van der Waals surface area (Å²) < 4.78 is 0. The van der Waals surface area contributed by atoms with Crippen molar-refractivity contribution in [3.8, 4) is 0 Å². The Hall–Kier alpha value is -0.510. The maximum atomic E-state index is 5.96. The molecule has 0 aromatic heterocycles. The van der Waals surface area contributed by atoms with Crippen LogP contribution in [-0.4, -0.2) is 36.3 Å². The molecule has 1 saturated heterocycles. The van der Waals surface area contributed by atoms with Gasteiger partial charge in [-0.3, -0.25) is 4.90 Å². The zero-order valence-corrected chi connectivity index (χ0v) is 13.7. The Balaban J connectivity index is 1.76. The van der Waals surface area contributed by atoms with Gasteiger partial charge in [-0.1, -0.05) is 31.0 Å². The molecule has 0 amide bonds. The molecule has 112 valence electrons. The summed E-state index contributed by atoms with van der Waals surface area (Å²) in [6, 6.07) is 9.44. The third-order valence-corrected chi connectivity index (χ3v) is 5.46. The Morgan fingerprint density at radius 3 is 2.70 bits per heavy atom. The predicted octanol–water partition coefficient (Wildman–Crippen LogP) is 3.54. The van der Waals surface area contributed by atoms with Gasteiger partial charge in [0.15, 0.2) is 0 Å². The molecule has 3 heteroatoms. The van der Waals surface area contributed by atoms with Gasteiger partial charge in [0.25, 0.3) is 0 Å². The van der Waals surface area contributed by atoms with Gasteiger partial charge in [0, 0.05) is 29.8 Å². The molecule has 1 fully saturated rings. The Kier molecular flexibility index (Phi) is 6.40. The summed E-state index contributed by atoms with van der Waals surface area (Å²) in [6.45, 7) is 7.65. The summed E-state index contributed by atoms with van der Waals surface area (Å²) in [6.07, 6.45) is 3.95. The second kappa shape index (κ2) is 8.06. The molecule has 2 nitrogen and oxygen atoms in total. The largest absolute Gasteiger partial charge is 0.329 e. The Morgan fingerprint density at radius 2 is 2.05 bits per heavy atom. The van der Waals surface area contributed by atoms with Crippen molar-refractivity contribution in [3.05, 3.63) is 29.8 Å². The van der Waals surface area contributed by atoms with Gasteiger partial charge < -0.3 is 5.73 Å². The first-order valence-electron chi connectivity index (χ1n) is 7.86. The summed E-state index contributed by atoms with van der Waals surface area (Å²) in [5.41, 5.74) is 7.29. The third-order valence-electron chi connectivity index (χ3n) is 4.46.